The highest BCUT2D eigenvalue weighted by Gasteiger charge is 2.50. The van der Waals surface area contributed by atoms with Crippen LogP contribution in [0.5, 0.6) is 0 Å². The molecule has 0 aromatic heterocycles. The van der Waals surface area contributed by atoms with Gasteiger partial charge in [0.2, 0.25) is 0 Å². The maximum absolute atomic E-state index is 12.5. The number of carboxylic acid groups (broad SMARTS) is 1. The molecule has 0 radical (unpaired) electrons. The van der Waals surface area contributed by atoms with E-state index in [0.29, 0.717) is 24.0 Å². The van der Waals surface area contributed by atoms with Crippen molar-refractivity contribution < 1.29 is 23.1 Å². The van der Waals surface area contributed by atoms with Gasteiger partial charge in [-0.25, -0.2) is 8.42 Å². The van der Waals surface area contributed by atoms with E-state index in [1.165, 1.54) is 0 Å². The van der Waals surface area contributed by atoms with Gasteiger partial charge in [0.1, 0.15) is 0 Å². The van der Waals surface area contributed by atoms with Crippen molar-refractivity contribution >= 4 is 21.7 Å². The second-order valence-electron chi connectivity index (χ2n) is 7.04. The van der Waals surface area contributed by atoms with Gasteiger partial charge in [0.15, 0.2) is 9.84 Å². The van der Waals surface area contributed by atoms with Gasteiger partial charge in [0.05, 0.1) is 16.1 Å². The van der Waals surface area contributed by atoms with Gasteiger partial charge in [0.25, 0.3) is 5.91 Å². The second-order valence-corrected chi connectivity index (χ2v) is 9.03. The summed E-state index contributed by atoms with van der Waals surface area (Å²) < 4.78 is 25.0. The van der Waals surface area contributed by atoms with E-state index in [1.807, 2.05) is 6.92 Å². The van der Waals surface area contributed by atoms with E-state index < -0.39 is 21.2 Å². The zero-order chi connectivity index (χ0) is 19.7. The van der Waals surface area contributed by atoms with Crippen molar-refractivity contribution in [3.63, 3.8) is 0 Å². The van der Waals surface area contributed by atoms with Crippen molar-refractivity contribution in [2.24, 2.45) is 5.41 Å². The molecule has 1 amide bonds. The minimum Gasteiger partial charge on any atom is -0.481 e. The summed E-state index contributed by atoms with van der Waals surface area (Å²) in [6.07, 6.45) is 1.14. The predicted octanol–water partition coefficient (Wildman–Crippen LogP) is 2.56. The molecule has 6 nitrogen and oxygen atoms in total. The summed E-state index contributed by atoms with van der Waals surface area (Å²) in [5.41, 5.74) is 1.11. The van der Waals surface area contributed by atoms with Gasteiger partial charge in [0, 0.05) is 12.1 Å². The molecule has 142 valence electrons. The van der Waals surface area contributed by atoms with Crippen LogP contribution >= 0.6 is 0 Å². The van der Waals surface area contributed by atoms with E-state index in [1.54, 1.807) is 48.5 Å². The Morgan fingerprint density at radius 1 is 1.04 bits per heavy atom. The Morgan fingerprint density at radius 3 is 2.15 bits per heavy atom. The summed E-state index contributed by atoms with van der Waals surface area (Å²) in [6, 6.07) is 13.0. The Bertz CT molecular complexity index is 958. The Hall–Kier alpha value is -2.67. The fraction of sp³-hybridized carbons (Fsp3) is 0.300. The fourth-order valence-electron chi connectivity index (χ4n) is 2.77. The zero-order valence-corrected chi connectivity index (χ0v) is 15.8. The van der Waals surface area contributed by atoms with Crippen LogP contribution in [0, 0.1) is 12.3 Å². The zero-order valence-electron chi connectivity index (χ0n) is 14.9. The van der Waals surface area contributed by atoms with Gasteiger partial charge in [-0.05, 0) is 49.6 Å². The number of carbonyl (C=O) groups excluding carboxylic acids is 1. The number of rotatable bonds is 7. The molecule has 7 heteroatoms. The minimum absolute atomic E-state index is 0.102. The lowest BCUT2D eigenvalue weighted by Gasteiger charge is -2.11. The third-order valence-corrected chi connectivity index (χ3v) is 6.55. The van der Waals surface area contributed by atoms with Crippen molar-refractivity contribution in [2.45, 2.75) is 30.4 Å². The Morgan fingerprint density at radius 2 is 1.63 bits per heavy atom. The van der Waals surface area contributed by atoms with Gasteiger partial charge in [-0.3, -0.25) is 9.59 Å². The number of hydrogen-bond acceptors (Lipinski definition) is 4. The molecule has 2 N–H and O–H groups in total. The molecule has 1 saturated carbocycles. The van der Waals surface area contributed by atoms with E-state index in [0.717, 1.165) is 5.56 Å². The summed E-state index contributed by atoms with van der Waals surface area (Å²) in [6.45, 7) is 1.99. The molecule has 2 aromatic rings. The molecule has 0 unspecified atom stereocenters. The summed E-state index contributed by atoms with van der Waals surface area (Å²) in [5, 5.41) is 11.8. The van der Waals surface area contributed by atoms with Gasteiger partial charge < -0.3 is 10.4 Å². The maximum atomic E-state index is 12.5. The van der Waals surface area contributed by atoms with E-state index in [9.17, 15) is 18.0 Å². The number of sulfone groups is 1. The Labute approximate surface area is 158 Å². The number of carboxylic acids is 1. The lowest BCUT2D eigenvalue weighted by Crippen LogP contribution is -2.34. The summed E-state index contributed by atoms with van der Waals surface area (Å²) >= 11 is 0. The number of aliphatic carboxylic acids is 1. The number of hydrogen-bond donors (Lipinski definition) is 2. The van der Waals surface area contributed by atoms with Crippen LogP contribution in [0.1, 0.15) is 34.3 Å². The summed E-state index contributed by atoms with van der Waals surface area (Å²) in [4.78, 5) is 23.6. The van der Waals surface area contributed by atoms with Crippen LogP contribution in [0.3, 0.4) is 0 Å². The monoisotopic (exact) mass is 387 g/mol. The molecule has 0 bridgehead atoms. The Kier molecular flexibility index (Phi) is 5.06. The molecular formula is C20H21NO5S. The summed E-state index contributed by atoms with van der Waals surface area (Å²) in [5.74, 6) is -1.41. The number of benzene rings is 2. The van der Waals surface area contributed by atoms with Crippen molar-refractivity contribution in [1.29, 1.82) is 0 Å². The van der Waals surface area contributed by atoms with Crippen LogP contribution in [-0.4, -0.2) is 31.9 Å². The van der Waals surface area contributed by atoms with Gasteiger partial charge >= 0.3 is 5.97 Å². The highest BCUT2D eigenvalue weighted by atomic mass is 32.2. The van der Waals surface area contributed by atoms with Crippen LogP contribution in [0.15, 0.2) is 53.4 Å². The number of nitrogens with one attached hydrogen (secondary N) is 1. The average molecular weight is 387 g/mol. The molecule has 27 heavy (non-hydrogen) atoms. The molecular weight excluding hydrogens is 366 g/mol. The number of amides is 1. The largest absolute Gasteiger partial charge is 0.481 e. The fourth-order valence-corrected chi connectivity index (χ4v) is 4.12. The normalized spacial score (nSPS) is 15.1. The van der Waals surface area contributed by atoms with E-state index in [4.69, 9.17) is 5.11 Å². The van der Waals surface area contributed by atoms with Crippen molar-refractivity contribution in [2.75, 3.05) is 6.54 Å². The first-order chi connectivity index (χ1) is 12.7. The molecule has 0 spiro atoms. The van der Waals surface area contributed by atoms with Crippen LogP contribution in [0.2, 0.25) is 0 Å². The molecule has 0 heterocycles. The molecule has 2 aromatic carbocycles. The van der Waals surface area contributed by atoms with Gasteiger partial charge in [-0.2, -0.15) is 0 Å². The molecule has 1 aliphatic carbocycles. The topological polar surface area (TPSA) is 101 Å². The number of carbonyl (C=O) groups is 2. The van der Waals surface area contributed by atoms with E-state index in [2.05, 4.69) is 5.32 Å². The highest BCUT2D eigenvalue weighted by molar-refractivity contribution is 7.90. The molecule has 0 saturated heterocycles. The molecule has 1 aliphatic rings. The smallest absolute Gasteiger partial charge is 0.311 e. The standard InChI is InChI=1S/C20H21NO5S/c1-14-2-8-17(9-3-14)27(25,26)12-15-4-6-16(7-5-15)18(22)21-13-20(10-11-20)19(23)24/h2-9H,10-13H2,1H3,(H,21,22)(H,23,24). The van der Waals surface area contributed by atoms with Crippen molar-refractivity contribution in [1.82, 2.24) is 5.32 Å². The quantitative estimate of drug-likeness (QED) is 0.760. The lowest BCUT2D eigenvalue weighted by atomic mass is 10.1. The molecule has 1 fully saturated rings. The number of aryl methyl sites for hydroxylation is 1. The maximum Gasteiger partial charge on any atom is 0.311 e. The van der Waals surface area contributed by atoms with E-state index in [-0.39, 0.29) is 23.1 Å². The third-order valence-electron chi connectivity index (χ3n) is 4.85. The first-order valence-electron chi connectivity index (χ1n) is 8.62. The SMILES string of the molecule is Cc1ccc(S(=O)(=O)Cc2ccc(C(=O)NCC3(C(=O)O)CC3)cc2)cc1. The first-order valence-corrected chi connectivity index (χ1v) is 10.3. The molecule has 0 aliphatic heterocycles. The van der Waals surface area contributed by atoms with Crippen molar-refractivity contribution in [3.05, 3.63) is 65.2 Å². The Balaban J connectivity index is 1.64. The lowest BCUT2D eigenvalue weighted by molar-refractivity contribution is -0.143. The molecule has 0 atom stereocenters. The molecule has 3 rings (SSSR count). The average Bonchev–Trinajstić information content (AvgIpc) is 3.42. The first kappa shape index (κ1) is 19.1. The third kappa shape index (κ3) is 4.36. The van der Waals surface area contributed by atoms with Crippen LogP contribution < -0.4 is 5.32 Å². The van der Waals surface area contributed by atoms with E-state index >= 15 is 0 Å². The van der Waals surface area contributed by atoms with Crippen LogP contribution in [0.4, 0.5) is 0 Å². The van der Waals surface area contributed by atoms with Gasteiger partial charge in [-0.1, -0.05) is 29.8 Å². The predicted molar refractivity (Wildman–Crippen MR) is 100 cm³/mol. The minimum atomic E-state index is -3.46. The second kappa shape index (κ2) is 7.15. The van der Waals surface area contributed by atoms with Gasteiger partial charge in [-0.15, -0.1) is 0 Å². The summed E-state index contributed by atoms with van der Waals surface area (Å²) in [7, 11) is -3.46. The highest BCUT2D eigenvalue weighted by Crippen LogP contribution is 2.45. The van der Waals surface area contributed by atoms with Crippen LogP contribution in [-0.2, 0) is 20.4 Å². The van der Waals surface area contributed by atoms with Crippen LogP contribution in [0.25, 0.3) is 0 Å². The van der Waals surface area contributed by atoms with Crippen molar-refractivity contribution in [3.8, 4) is 0 Å².